The maximum Gasteiger partial charge on any atom is 0.0897 e. The van der Waals surface area contributed by atoms with Crippen molar-refractivity contribution in [3.63, 3.8) is 0 Å². The highest BCUT2D eigenvalue weighted by molar-refractivity contribution is 4.70. The van der Waals surface area contributed by atoms with Crippen LogP contribution in [0.3, 0.4) is 0 Å². The van der Waals surface area contributed by atoms with Crippen LogP contribution in [0.4, 0.5) is 0 Å². The zero-order valence-corrected chi connectivity index (χ0v) is 8.80. The molecule has 0 saturated carbocycles. The lowest BCUT2D eigenvalue weighted by Crippen LogP contribution is -2.43. The summed E-state index contributed by atoms with van der Waals surface area (Å²) in [6, 6.07) is 0.150. The van der Waals surface area contributed by atoms with Gasteiger partial charge in [-0.3, -0.25) is 4.90 Å². The highest BCUT2D eigenvalue weighted by Gasteiger charge is 2.17. The Morgan fingerprint density at radius 3 is 1.50 bits per heavy atom. The van der Waals surface area contributed by atoms with Crippen LogP contribution in [-0.4, -0.2) is 69.9 Å². The van der Waals surface area contributed by atoms with E-state index in [9.17, 15) is 10.2 Å². The first kappa shape index (κ1) is 13.8. The van der Waals surface area contributed by atoms with Crippen LogP contribution in [0, 0.1) is 0 Å². The second-order valence-corrected chi connectivity index (χ2v) is 3.72. The summed E-state index contributed by atoms with van der Waals surface area (Å²) in [4.78, 5) is 1.81. The number of hydrogen-bond donors (Lipinski definition) is 4. The minimum absolute atomic E-state index is 0.150. The lowest BCUT2D eigenvalue weighted by molar-refractivity contribution is 0.0123. The van der Waals surface area contributed by atoms with Gasteiger partial charge in [-0.25, -0.2) is 0 Å². The van der Waals surface area contributed by atoms with Crippen LogP contribution >= 0.6 is 0 Å². The van der Waals surface area contributed by atoms with Crippen molar-refractivity contribution in [1.82, 2.24) is 4.90 Å². The third kappa shape index (κ3) is 5.51. The van der Waals surface area contributed by atoms with Crippen LogP contribution in [0.25, 0.3) is 0 Å². The van der Waals surface area contributed by atoms with Crippen molar-refractivity contribution in [3.05, 3.63) is 0 Å². The molecule has 86 valence electrons. The van der Waals surface area contributed by atoms with Crippen LogP contribution in [0.15, 0.2) is 0 Å². The first-order valence-electron chi connectivity index (χ1n) is 4.83. The minimum Gasteiger partial charge on any atom is -0.394 e. The van der Waals surface area contributed by atoms with Gasteiger partial charge in [0.2, 0.25) is 0 Å². The fourth-order valence-electron chi connectivity index (χ4n) is 1.15. The van der Waals surface area contributed by atoms with Crippen LogP contribution < -0.4 is 0 Å². The third-order valence-corrected chi connectivity index (χ3v) is 2.04. The molecule has 0 aliphatic rings. The van der Waals surface area contributed by atoms with Gasteiger partial charge < -0.3 is 20.4 Å². The number of aliphatic hydroxyl groups is 4. The maximum absolute atomic E-state index is 9.23. The van der Waals surface area contributed by atoms with Gasteiger partial charge in [0.15, 0.2) is 0 Å². The van der Waals surface area contributed by atoms with E-state index in [4.69, 9.17) is 10.2 Å². The molecule has 14 heavy (non-hydrogen) atoms. The molecular weight excluding hydrogens is 186 g/mol. The van der Waals surface area contributed by atoms with Gasteiger partial charge in [-0.05, 0) is 13.8 Å². The average Bonchev–Trinajstić information content (AvgIpc) is 2.16. The van der Waals surface area contributed by atoms with Crippen molar-refractivity contribution in [3.8, 4) is 0 Å². The minimum atomic E-state index is -0.803. The van der Waals surface area contributed by atoms with Crippen LogP contribution in [-0.2, 0) is 0 Å². The Morgan fingerprint density at radius 2 is 1.29 bits per heavy atom. The smallest absolute Gasteiger partial charge is 0.0897 e. The van der Waals surface area contributed by atoms with E-state index < -0.39 is 12.2 Å². The number of rotatable bonds is 7. The standard InChI is InChI=1S/C9H21NO4/c1-7(2)10(3-8(13)5-11)4-9(14)6-12/h7-9,11-14H,3-6H2,1-2H3. The van der Waals surface area contributed by atoms with E-state index in [0.29, 0.717) is 13.1 Å². The van der Waals surface area contributed by atoms with Gasteiger partial charge in [0.1, 0.15) is 0 Å². The monoisotopic (exact) mass is 207 g/mol. The topological polar surface area (TPSA) is 84.2 Å². The molecule has 0 aromatic rings. The van der Waals surface area contributed by atoms with Crippen molar-refractivity contribution < 1.29 is 20.4 Å². The molecule has 0 rings (SSSR count). The predicted octanol–water partition coefficient (Wildman–Crippen LogP) is -1.60. The fraction of sp³-hybridized carbons (Fsp3) is 1.00. The average molecular weight is 207 g/mol. The normalized spacial score (nSPS) is 16.3. The summed E-state index contributed by atoms with van der Waals surface area (Å²) < 4.78 is 0. The highest BCUT2D eigenvalue weighted by Crippen LogP contribution is 2.01. The van der Waals surface area contributed by atoms with Crippen molar-refractivity contribution in [2.24, 2.45) is 0 Å². The van der Waals surface area contributed by atoms with Crippen LogP contribution in [0.2, 0.25) is 0 Å². The van der Waals surface area contributed by atoms with Gasteiger partial charge in [0.25, 0.3) is 0 Å². The quantitative estimate of drug-likeness (QED) is 0.404. The SMILES string of the molecule is CC(C)N(CC(O)CO)CC(O)CO. The first-order chi connectivity index (χ1) is 6.51. The molecule has 0 aliphatic carbocycles. The molecule has 4 N–H and O–H groups in total. The lowest BCUT2D eigenvalue weighted by atomic mass is 10.2. The Labute approximate surface area is 84.6 Å². The number of nitrogens with zero attached hydrogens (tertiary/aromatic N) is 1. The van der Waals surface area contributed by atoms with Gasteiger partial charge in [-0.1, -0.05) is 0 Å². The van der Waals surface area contributed by atoms with E-state index in [1.165, 1.54) is 0 Å². The summed E-state index contributed by atoms with van der Waals surface area (Å²) in [7, 11) is 0. The molecule has 0 spiro atoms. The second-order valence-electron chi connectivity index (χ2n) is 3.72. The van der Waals surface area contributed by atoms with Crippen molar-refractivity contribution in [2.75, 3.05) is 26.3 Å². The molecular formula is C9H21NO4. The van der Waals surface area contributed by atoms with E-state index in [2.05, 4.69) is 0 Å². The van der Waals surface area contributed by atoms with Gasteiger partial charge in [-0.15, -0.1) is 0 Å². The lowest BCUT2D eigenvalue weighted by Gasteiger charge is -2.29. The Bertz CT molecular complexity index is 131. The van der Waals surface area contributed by atoms with E-state index >= 15 is 0 Å². The van der Waals surface area contributed by atoms with E-state index in [1.54, 1.807) is 0 Å². The Morgan fingerprint density at radius 1 is 0.929 bits per heavy atom. The zero-order valence-electron chi connectivity index (χ0n) is 8.80. The largest absolute Gasteiger partial charge is 0.394 e. The van der Waals surface area contributed by atoms with Crippen molar-refractivity contribution >= 4 is 0 Å². The summed E-state index contributed by atoms with van der Waals surface area (Å²) in [5.41, 5.74) is 0. The summed E-state index contributed by atoms with van der Waals surface area (Å²) in [5.74, 6) is 0. The third-order valence-electron chi connectivity index (χ3n) is 2.04. The van der Waals surface area contributed by atoms with Gasteiger partial charge in [-0.2, -0.15) is 0 Å². The molecule has 0 saturated heterocycles. The molecule has 0 bridgehead atoms. The van der Waals surface area contributed by atoms with E-state index in [-0.39, 0.29) is 19.3 Å². The molecule has 2 unspecified atom stereocenters. The van der Waals surface area contributed by atoms with Crippen molar-refractivity contribution in [1.29, 1.82) is 0 Å². The van der Waals surface area contributed by atoms with Gasteiger partial charge in [0, 0.05) is 19.1 Å². The molecule has 0 fully saturated rings. The summed E-state index contributed by atoms with van der Waals surface area (Å²) in [6.07, 6.45) is -1.61. The highest BCUT2D eigenvalue weighted by atomic mass is 16.3. The summed E-state index contributed by atoms with van der Waals surface area (Å²) in [5, 5.41) is 35.8. The van der Waals surface area contributed by atoms with Crippen molar-refractivity contribution in [2.45, 2.75) is 32.1 Å². The molecule has 5 nitrogen and oxygen atoms in total. The molecule has 0 amide bonds. The van der Waals surface area contributed by atoms with E-state index in [0.717, 1.165) is 0 Å². The summed E-state index contributed by atoms with van der Waals surface area (Å²) >= 11 is 0. The Balaban J connectivity index is 4.02. The molecule has 0 heterocycles. The second kappa shape index (κ2) is 7.14. The van der Waals surface area contributed by atoms with Crippen LogP contribution in [0.5, 0.6) is 0 Å². The molecule has 0 aromatic heterocycles. The van der Waals surface area contributed by atoms with Gasteiger partial charge in [0.05, 0.1) is 25.4 Å². The van der Waals surface area contributed by atoms with E-state index in [1.807, 2.05) is 18.7 Å². The Hall–Kier alpha value is -0.200. The molecule has 0 radical (unpaired) electrons. The molecule has 0 aromatic carbocycles. The predicted molar refractivity (Wildman–Crippen MR) is 52.9 cm³/mol. The number of hydrogen-bond acceptors (Lipinski definition) is 5. The maximum atomic E-state index is 9.23. The van der Waals surface area contributed by atoms with Gasteiger partial charge >= 0.3 is 0 Å². The number of aliphatic hydroxyl groups excluding tert-OH is 4. The first-order valence-corrected chi connectivity index (χ1v) is 4.83. The molecule has 5 heteroatoms. The Kier molecular flexibility index (Phi) is 7.04. The molecule has 2 atom stereocenters. The summed E-state index contributed by atoms with van der Waals surface area (Å²) in [6.45, 7) is 3.86. The van der Waals surface area contributed by atoms with Crippen LogP contribution in [0.1, 0.15) is 13.8 Å². The molecule has 0 aliphatic heterocycles. The fourth-order valence-corrected chi connectivity index (χ4v) is 1.15. The zero-order chi connectivity index (χ0) is 11.1.